The topological polar surface area (TPSA) is 62.7 Å². The molecule has 0 saturated carbocycles. The zero-order valence-electron chi connectivity index (χ0n) is 10.6. The fourth-order valence-corrected chi connectivity index (χ4v) is 2.27. The van der Waals surface area contributed by atoms with Crippen LogP contribution in [0.3, 0.4) is 0 Å². The molecule has 0 aromatic carbocycles. The van der Waals surface area contributed by atoms with Crippen LogP contribution < -0.4 is 10.6 Å². The van der Waals surface area contributed by atoms with E-state index < -0.39 is 0 Å². The lowest BCUT2D eigenvalue weighted by molar-refractivity contribution is 0.994. The number of thiazole rings is 1. The summed E-state index contributed by atoms with van der Waals surface area (Å²) < 4.78 is 0. The van der Waals surface area contributed by atoms with Crippen LogP contribution >= 0.6 is 11.3 Å². The summed E-state index contributed by atoms with van der Waals surface area (Å²) in [5.41, 5.74) is 1.12. The van der Waals surface area contributed by atoms with E-state index in [1.165, 1.54) is 0 Å². The van der Waals surface area contributed by atoms with Gasteiger partial charge in [-0.2, -0.15) is 0 Å². The average Bonchev–Trinajstić information content (AvgIpc) is 2.90. The second-order valence-corrected chi connectivity index (χ2v) is 4.69. The Kier molecular flexibility index (Phi) is 4.46. The third-order valence-electron chi connectivity index (χ3n) is 2.53. The summed E-state index contributed by atoms with van der Waals surface area (Å²) in [4.78, 5) is 12.8. The molecule has 0 aliphatic heterocycles. The van der Waals surface area contributed by atoms with E-state index in [0.29, 0.717) is 6.54 Å². The molecule has 0 radical (unpaired) electrons. The van der Waals surface area contributed by atoms with E-state index in [0.717, 1.165) is 35.2 Å². The van der Waals surface area contributed by atoms with Crippen LogP contribution in [0.15, 0.2) is 17.9 Å². The lowest BCUT2D eigenvalue weighted by atomic mass is 10.2. The second-order valence-electron chi connectivity index (χ2n) is 3.71. The first-order chi connectivity index (χ1) is 8.85. The molecule has 0 fully saturated rings. The van der Waals surface area contributed by atoms with Crippen molar-refractivity contribution in [3.05, 3.63) is 28.5 Å². The molecule has 18 heavy (non-hydrogen) atoms. The Hall–Kier alpha value is -1.69. The molecule has 2 rings (SSSR count). The molecule has 2 aromatic heterocycles. The Balaban J connectivity index is 2.13. The molecule has 96 valence electrons. The van der Waals surface area contributed by atoms with Crippen molar-refractivity contribution in [2.75, 3.05) is 17.2 Å². The number of nitrogens with one attached hydrogen (secondary N) is 2. The molecule has 2 N–H and O–H groups in total. The van der Waals surface area contributed by atoms with Crippen LogP contribution in [0, 0.1) is 0 Å². The van der Waals surface area contributed by atoms with Crippen molar-refractivity contribution < 1.29 is 0 Å². The van der Waals surface area contributed by atoms with Crippen LogP contribution in [-0.2, 0) is 13.0 Å². The normalized spacial score (nSPS) is 10.3. The highest BCUT2D eigenvalue weighted by Gasteiger charge is 2.09. The molecule has 2 heterocycles. The minimum Gasteiger partial charge on any atom is -0.370 e. The molecular formula is C12H17N5S. The van der Waals surface area contributed by atoms with Crippen LogP contribution in [0.25, 0.3) is 0 Å². The number of rotatable bonds is 6. The summed E-state index contributed by atoms with van der Waals surface area (Å²) in [7, 11) is 0. The monoisotopic (exact) mass is 263 g/mol. The Bertz CT molecular complexity index is 483. The summed E-state index contributed by atoms with van der Waals surface area (Å²) >= 11 is 1.64. The zero-order chi connectivity index (χ0) is 12.8. The van der Waals surface area contributed by atoms with Gasteiger partial charge in [0.1, 0.15) is 23.0 Å². The SMILES string of the molecule is CCNc1ncnc(NCc2nccs2)c1CC. The first-order valence-corrected chi connectivity index (χ1v) is 6.93. The Morgan fingerprint density at radius 2 is 1.89 bits per heavy atom. The first kappa shape index (κ1) is 12.8. The van der Waals surface area contributed by atoms with E-state index >= 15 is 0 Å². The third-order valence-corrected chi connectivity index (χ3v) is 3.31. The number of hydrogen-bond acceptors (Lipinski definition) is 6. The largest absolute Gasteiger partial charge is 0.370 e. The van der Waals surface area contributed by atoms with Crippen molar-refractivity contribution in [1.29, 1.82) is 0 Å². The molecule has 0 aliphatic carbocycles. The smallest absolute Gasteiger partial charge is 0.135 e. The standard InChI is InChI=1S/C12H17N5S/c1-3-9-11(13-4-2)16-8-17-12(9)15-7-10-14-5-6-18-10/h5-6,8H,3-4,7H2,1-2H3,(H2,13,15,16,17). The Labute approximate surface area is 111 Å². The van der Waals surface area contributed by atoms with Gasteiger partial charge in [-0.05, 0) is 13.3 Å². The van der Waals surface area contributed by atoms with Crippen molar-refractivity contribution in [2.45, 2.75) is 26.8 Å². The van der Waals surface area contributed by atoms with E-state index in [-0.39, 0.29) is 0 Å². The van der Waals surface area contributed by atoms with Crippen molar-refractivity contribution in [2.24, 2.45) is 0 Å². The third kappa shape index (κ3) is 2.95. The van der Waals surface area contributed by atoms with Gasteiger partial charge in [0.2, 0.25) is 0 Å². The summed E-state index contributed by atoms with van der Waals surface area (Å²) in [6.45, 7) is 5.72. The first-order valence-electron chi connectivity index (χ1n) is 6.05. The quantitative estimate of drug-likeness (QED) is 0.838. The molecular weight excluding hydrogens is 246 g/mol. The number of aromatic nitrogens is 3. The van der Waals surface area contributed by atoms with E-state index in [9.17, 15) is 0 Å². The summed E-state index contributed by atoms with van der Waals surface area (Å²) in [5.74, 6) is 1.80. The fourth-order valence-electron chi connectivity index (χ4n) is 1.72. The lowest BCUT2D eigenvalue weighted by Gasteiger charge is -2.12. The summed E-state index contributed by atoms with van der Waals surface area (Å²) in [6.07, 6.45) is 4.29. The van der Waals surface area contributed by atoms with Gasteiger partial charge in [0.25, 0.3) is 0 Å². The predicted molar refractivity (Wildman–Crippen MR) is 75.0 cm³/mol. The minimum absolute atomic E-state index is 0.702. The highest BCUT2D eigenvalue weighted by Crippen LogP contribution is 2.21. The molecule has 0 spiro atoms. The molecule has 5 nitrogen and oxygen atoms in total. The highest BCUT2D eigenvalue weighted by atomic mass is 32.1. The van der Waals surface area contributed by atoms with Gasteiger partial charge in [0.15, 0.2) is 0 Å². The molecule has 0 atom stereocenters. The Morgan fingerprint density at radius 1 is 1.11 bits per heavy atom. The van der Waals surface area contributed by atoms with Crippen LogP contribution in [0.4, 0.5) is 11.6 Å². The van der Waals surface area contributed by atoms with Crippen molar-refractivity contribution in [3.63, 3.8) is 0 Å². The van der Waals surface area contributed by atoms with Gasteiger partial charge in [-0.3, -0.25) is 0 Å². The van der Waals surface area contributed by atoms with Gasteiger partial charge >= 0.3 is 0 Å². The van der Waals surface area contributed by atoms with Gasteiger partial charge in [-0.15, -0.1) is 11.3 Å². The maximum Gasteiger partial charge on any atom is 0.135 e. The van der Waals surface area contributed by atoms with E-state index in [4.69, 9.17) is 0 Å². The van der Waals surface area contributed by atoms with Crippen LogP contribution in [-0.4, -0.2) is 21.5 Å². The lowest BCUT2D eigenvalue weighted by Crippen LogP contribution is -2.09. The highest BCUT2D eigenvalue weighted by molar-refractivity contribution is 7.09. The maximum absolute atomic E-state index is 4.31. The summed E-state index contributed by atoms with van der Waals surface area (Å²) in [5, 5.41) is 9.61. The summed E-state index contributed by atoms with van der Waals surface area (Å²) in [6, 6.07) is 0. The minimum atomic E-state index is 0.702. The maximum atomic E-state index is 4.31. The van der Waals surface area contributed by atoms with Crippen molar-refractivity contribution in [3.8, 4) is 0 Å². The number of hydrogen-bond donors (Lipinski definition) is 2. The average molecular weight is 263 g/mol. The number of nitrogens with zero attached hydrogens (tertiary/aromatic N) is 3. The molecule has 0 unspecified atom stereocenters. The molecule has 0 bridgehead atoms. The van der Waals surface area contributed by atoms with Crippen molar-refractivity contribution >= 4 is 23.0 Å². The molecule has 2 aromatic rings. The predicted octanol–water partition coefficient (Wildman–Crippen LogP) is 2.54. The van der Waals surface area contributed by atoms with Gasteiger partial charge in [0, 0.05) is 23.7 Å². The van der Waals surface area contributed by atoms with E-state index in [1.54, 1.807) is 17.7 Å². The van der Waals surface area contributed by atoms with Crippen LogP contribution in [0.1, 0.15) is 24.4 Å². The van der Waals surface area contributed by atoms with Crippen LogP contribution in [0.5, 0.6) is 0 Å². The van der Waals surface area contributed by atoms with Gasteiger partial charge in [-0.25, -0.2) is 15.0 Å². The number of anilines is 2. The Morgan fingerprint density at radius 3 is 2.50 bits per heavy atom. The van der Waals surface area contributed by atoms with E-state index in [1.807, 2.05) is 11.6 Å². The molecule has 0 amide bonds. The molecule has 0 saturated heterocycles. The molecule has 6 heteroatoms. The van der Waals surface area contributed by atoms with Gasteiger partial charge < -0.3 is 10.6 Å². The second kappa shape index (κ2) is 6.30. The van der Waals surface area contributed by atoms with Crippen LogP contribution in [0.2, 0.25) is 0 Å². The zero-order valence-corrected chi connectivity index (χ0v) is 11.4. The van der Waals surface area contributed by atoms with Gasteiger partial charge in [-0.1, -0.05) is 6.92 Å². The fraction of sp³-hybridized carbons (Fsp3) is 0.417. The van der Waals surface area contributed by atoms with Gasteiger partial charge in [0.05, 0.1) is 6.54 Å². The molecule has 0 aliphatic rings. The van der Waals surface area contributed by atoms with Crippen molar-refractivity contribution in [1.82, 2.24) is 15.0 Å². The van der Waals surface area contributed by atoms with E-state index in [2.05, 4.69) is 39.4 Å².